The number of amides is 1. The Morgan fingerprint density at radius 2 is 1.94 bits per heavy atom. The number of anilines is 1. The fourth-order valence-electron chi connectivity index (χ4n) is 2.54. The van der Waals surface area contributed by atoms with Crippen LogP contribution in [-0.2, 0) is 4.79 Å². The molecule has 1 saturated carbocycles. The number of carbonyl (C=O) groups excluding carboxylic acids is 1. The average Bonchev–Trinajstić information content (AvgIpc) is 2.75. The van der Waals surface area contributed by atoms with Crippen LogP contribution in [0.15, 0.2) is 30.3 Å². The fraction of sp³-hybridized carbons (Fsp3) is 0.500. The third kappa shape index (κ3) is 2.11. The van der Waals surface area contributed by atoms with E-state index in [4.69, 9.17) is 0 Å². The van der Waals surface area contributed by atoms with Crippen LogP contribution in [0.25, 0.3) is 0 Å². The minimum absolute atomic E-state index is 0.227. The molecule has 0 spiro atoms. The van der Waals surface area contributed by atoms with Gasteiger partial charge in [0.15, 0.2) is 0 Å². The van der Waals surface area contributed by atoms with Crippen LogP contribution >= 0.6 is 0 Å². The minimum Gasteiger partial charge on any atom is -0.315 e. The molecule has 0 saturated heterocycles. The maximum absolute atomic E-state index is 12.3. The molecule has 2 nitrogen and oxygen atoms in total. The predicted octanol–water partition coefficient (Wildman–Crippen LogP) is 3.09. The predicted molar refractivity (Wildman–Crippen MR) is 66.4 cm³/mol. The molecule has 86 valence electrons. The summed E-state index contributed by atoms with van der Waals surface area (Å²) in [5, 5.41) is 0. The summed E-state index contributed by atoms with van der Waals surface area (Å²) in [6, 6.07) is 9.88. The second-order valence-corrected chi connectivity index (χ2v) is 4.75. The molecule has 1 fully saturated rings. The van der Waals surface area contributed by atoms with E-state index in [2.05, 4.69) is 6.92 Å². The highest BCUT2D eigenvalue weighted by Crippen LogP contribution is 2.33. The molecule has 1 aromatic rings. The van der Waals surface area contributed by atoms with Gasteiger partial charge in [0.2, 0.25) is 5.91 Å². The monoisotopic (exact) mass is 217 g/mol. The van der Waals surface area contributed by atoms with Crippen molar-refractivity contribution in [3.05, 3.63) is 30.3 Å². The van der Waals surface area contributed by atoms with E-state index in [1.54, 1.807) is 4.90 Å². The lowest BCUT2D eigenvalue weighted by atomic mass is 9.96. The van der Waals surface area contributed by atoms with Gasteiger partial charge < -0.3 is 4.90 Å². The van der Waals surface area contributed by atoms with Crippen molar-refractivity contribution in [1.29, 1.82) is 0 Å². The Morgan fingerprint density at radius 3 is 2.50 bits per heavy atom. The molecule has 2 rings (SSSR count). The maximum atomic E-state index is 12.3. The number of para-hydroxylation sites is 1. The largest absolute Gasteiger partial charge is 0.315 e. The van der Waals surface area contributed by atoms with Crippen LogP contribution in [0.4, 0.5) is 5.69 Å². The van der Waals surface area contributed by atoms with Gasteiger partial charge in [-0.1, -0.05) is 31.5 Å². The Hall–Kier alpha value is -1.31. The first-order chi connectivity index (χ1) is 7.70. The molecule has 2 atom stereocenters. The molecule has 0 aliphatic heterocycles. The molecule has 0 heterocycles. The number of carbonyl (C=O) groups is 1. The van der Waals surface area contributed by atoms with Crippen LogP contribution in [-0.4, -0.2) is 13.0 Å². The third-order valence-corrected chi connectivity index (χ3v) is 3.65. The first kappa shape index (κ1) is 11.2. The lowest BCUT2D eigenvalue weighted by molar-refractivity contribution is -0.122. The molecule has 1 amide bonds. The standard InChI is InChI=1S/C14H19NO/c1-11-7-6-10-13(11)14(16)15(2)12-8-4-3-5-9-12/h3-5,8-9,11,13H,6-7,10H2,1-2H3/t11-,13-/m0/s1. The average molecular weight is 217 g/mol. The van der Waals surface area contributed by atoms with Crippen molar-refractivity contribution in [2.75, 3.05) is 11.9 Å². The molecular weight excluding hydrogens is 198 g/mol. The van der Waals surface area contributed by atoms with Gasteiger partial charge in [-0.2, -0.15) is 0 Å². The zero-order valence-electron chi connectivity index (χ0n) is 10.0. The smallest absolute Gasteiger partial charge is 0.230 e. The number of benzene rings is 1. The van der Waals surface area contributed by atoms with Crippen LogP contribution in [0, 0.1) is 11.8 Å². The third-order valence-electron chi connectivity index (χ3n) is 3.65. The van der Waals surface area contributed by atoms with Gasteiger partial charge in [0.05, 0.1) is 0 Å². The van der Waals surface area contributed by atoms with Gasteiger partial charge >= 0.3 is 0 Å². The summed E-state index contributed by atoms with van der Waals surface area (Å²) in [5.74, 6) is 1.04. The van der Waals surface area contributed by atoms with E-state index in [1.807, 2.05) is 37.4 Å². The second-order valence-electron chi connectivity index (χ2n) is 4.75. The lowest BCUT2D eigenvalue weighted by Crippen LogP contribution is -2.33. The highest BCUT2D eigenvalue weighted by Gasteiger charge is 2.31. The molecule has 1 aliphatic carbocycles. The zero-order chi connectivity index (χ0) is 11.5. The summed E-state index contributed by atoms with van der Waals surface area (Å²) in [6.07, 6.45) is 3.44. The van der Waals surface area contributed by atoms with Crippen molar-refractivity contribution < 1.29 is 4.79 Å². The van der Waals surface area contributed by atoms with Crippen LogP contribution in [0.3, 0.4) is 0 Å². The first-order valence-corrected chi connectivity index (χ1v) is 6.03. The van der Waals surface area contributed by atoms with Crippen LogP contribution < -0.4 is 4.90 Å². The summed E-state index contributed by atoms with van der Waals surface area (Å²) < 4.78 is 0. The topological polar surface area (TPSA) is 20.3 Å². The molecule has 2 heteroatoms. The first-order valence-electron chi connectivity index (χ1n) is 6.03. The van der Waals surface area contributed by atoms with Gasteiger partial charge in [-0.3, -0.25) is 4.79 Å². The maximum Gasteiger partial charge on any atom is 0.230 e. The van der Waals surface area contributed by atoms with Crippen molar-refractivity contribution in [2.24, 2.45) is 11.8 Å². The summed E-state index contributed by atoms with van der Waals surface area (Å²) >= 11 is 0. The number of hydrogen-bond donors (Lipinski definition) is 0. The normalized spacial score (nSPS) is 24.4. The molecule has 16 heavy (non-hydrogen) atoms. The Labute approximate surface area is 97.3 Å². The number of hydrogen-bond acceptors (Lipinski definition) is 1. The highest BCUT2D eigenvalue weighted by atomic mass is 16.2. The molecule has 0 aromatic heterocycles. The SMILES string of the molecule is C[C@H]1CCC[C@@H]1C(=O)N(C)c1ccccc1. The van der Waals surface area contributed by atoms with Gasteiger partial charge in [0.1, 0.15) is 0 Å². The van der Waals surface area contributed by atoms with E-state index in [-0.39, 0.29) is 11.8 Å². The van der Waals surface area contributed by atoms with Crippen LogP contribution in [0.5, 0.6) is 0 Å². The van der Waals surface area contributed by atoms with Gasteiger partial charge in [0.25, 0.3) is 0 Å². The van der Waals surface area contributed by atoms with Crippen LogP contribution in [0.1, 0.15) is 26.2 Å². The van der Waals surface area contributed by atoms with Gasteiger partial charge in [0, 0.05) is 18.7 Å². The quantitative estimate of drug-likeness (QED) is 0.745. The fourth-order valence-corrected chi connectivity index (χ4v) is 2.54. The van der Waals surface area contributed by atoms with Crippen LogP contribution in [0.2, 0.25) is 0 Å². The molecule has 0 radical (unpaired) electrons. The Kier molecular flexibility index (Phi) is 3.28. The lowest BCUT2D eigenvalue weighted by Gasteiger charge is -2.23. The van der Waals surface area contributed by atoms with Gasteiger partial charge in [-0.15, -0.1) is 0 Å². The molecule has 0 bridgehead atoms. The molecule has 0 unspecified atom stereocenters. The van der Waals surface area contributed by atoms with E-state index in [0.717, 1.165) is 12.1 Å². The summed E-state index contributed by atoms with van der Waals surface area (Å²) in [7, 11) is 1.88. The highest BCUT2D eigenvalue weighted by molar-refractivity contribution is 5.94. The van der Waals surface area contributed by atoms with Crippen molar-refractivity contribution in [3.63, 3.8) is 0 Å². The van der Waals surface area contributed by atoms with Crippen molar-refractivity contribution in [3.8, 4) is 0 Å². The van der Waals surface area contributed by atoms with E-state index in [0.29, 0.717) is 5.92 Å². The molecular formula is C14H19NO. The summed E-state index contributed by atoms with van der Waals surface area (Å²) in [5.41, 5.74) is 0.992. The Morgan fingerprint density at radius 1 is 1.25 bits per heavy atom. The molecule has 0 N–H and O–H groups in total. The molecule has 1 aromatic carbocycles. The Bertz CT molecular complexity index is 360. The summed E-state index contributed by atoms with van der Waals surface area (Å²) in [6.45, 7) is 2.19. The van der Waals surface area contributed by atoms with Gasteiger partial charge in [-0.05, 0) is 30.9 Å². The zero-order valence-corrected chi connectivity index (χ0v) is 10.0. The Balaban J connectivity index is 2.10. The van der Waals surface area contributed by atoms with E-state index in [1.165, 1.54) is 12.8 Å². The number of nitrogens with zero attached hydrogens (tertiary/aromatic N) is 1. The van der Waals surface area contributed by atoms with Crippen molar-refractivity contribution in [1.82, 2.24) is 0 Å². The van der Waals surface area contributed by atoms with Crippen molar-refractivity contribution >= 4 is 11.6 Å². The van der Waals surface area contributed by atoms with E-state index >= 15 is 0 Å². The minimum atomic E-state index is 0.227. The van der Waals surface area contributed by atoms with E-state index in [9.17, 15) is 4.79 Å². The summed E-state index contributed by atoms with van der Waals surface area (Å²) in [4.78, 5) is 14.1. The number of rotatable bonds is 2. The second kappa shape index (κ2) is 4.69. The van der Waals surface area contributed by atoms with Crippen molar-refractivity contribution in [2.45, 2.75) is 26.2 Å². The van der Waals surface area contributed by atoms with E-state index < -0.39 is 0 Å². The van der Waals surface area contributed by atoms with Gasteiger partial charge in [-0.25, -0.2) is 0 Å². The molecule has 1 aliphatic rings.